The monoisotopic (exact) mass is 282 g/mol. The molecule has 19 heavy (non-hydrogen) atoms. The molecule has 0 unspecified atom stereocenters. The van der Waals surface area contributed by atoms with Gasteiger partial charge in [0.05, 0.1) is 7.11 Å². The molecule has 0 heterocycles. The molecule has 0 radical (unpaired) electrons. The van der Waals surface area contributed by atoms with E-state index in [1.54, 1.807) is 5.32 Å². The molecule has 0 atom stereocenters. The van der Waals surface area contributed by atoms with E-state index in [1.165, 1.54) is 7.11 Å². The van der Waals surface area contributed by atoms with Crippen LogP contribution in [0.3, 0.4) is 0 Å². The average Bonchev–Trinajstić information content (AvgIpc) is 2.85. The molecule has 1 saturated carbocycles. The van der Waals surface area contributed by atoms with Crippen LogP contribution in [0.2, 0.25) is 0 Å². The van der Waals surface area contributed by atoms with Crippen molar-refractivity contribution in [1.29, 1.82) is 0 Å². The summed E-state index contributed by atoms with van der Waals surface area (Å²) in [6.07, 6.45) is -1.29. The quantitative estimate of drug-likeness (QED) is 0.798. The fourth-order valence-corrected chi connectivity index (χ4v) is 2.06. The fraction of sp³-hybridized carbons (Fsp3) is 0.818. The number of nitrogens with zero attached hydrogens (tertiary/aromatic N) is 1. The Morgan fingerprint density at radius 3 is 2.37 bits per heavy atom. The predicted molar refractivity (Wildman–Crippen MR) is 60.4 cm³/mol. The van der Waals surface area contributed by atoms with Crippen molar-refractivity contribution < 1.29 is 27.5 Å². The zero-order valence-electron chi connectivity index (χ0n) is 10.6. The lowest BCUT2D eigenvalue weighted by atomic mass is 10.2. The van der Waals surface area contributed by atoms with Gasteiger partial charge in [-0.1, -0.05) is 12.8 Å². The molecule has 0 aromatic heterocycles. The number of rotatable bonds is 4. The highest BCUT2D eigenvalue weighted by molar-refractivity contribution is 5.81. The Balaban J connectivity index is 2.61. The maximum Gasteiger partial charge on any atom is 0.405 e. The molecule has 0 aromatic carbocycles. The summed E-state index contributed by atoms with van der Waals surface area (Å²) in [5.41, 5.74) is 0. The standard InChI is InChI=1S/C11H17F3N2O3/c1-19-9(17)6-16(8-4-2-3-5-8)10(18)15-7-11(12,13)14/h8H,2-7H2,1H3,(H,15,18). The van der Waals surface area contributed by atoms with Crippen molar-refractivity contribution in [2.24, 2.45) is 0 Å². The van der Waals surface area contributed by atoms with Crippen LogP contribution in [-0.2, 0) is 9.53 Å². The largest absolute Gasteiger partial charge is 0.468 e. The van der Waals surface area contributed by atoms with Gasteiger partial charge in [-0.15, -0.1) is 0 Å². The summed E-state index contributed by atoms with van der Waals surface area (Å²) in [4.78, 5) is 24.1. The van der Waals surface area contributed by atoms with Crippen LogP contribution in [0, 0.1) is 0 Å². The molecule has 8 heteroatoms. The van der Waals surface area contributed by atoms with Crippen molar-refractivity contribution >= 4 is 12.0 Å². The molecule has 0 aromatic rings. The van der Waals surface area contributed by atoms with E-state index in [0.717, 1.165) is 17.7 Å². The van der Waals surface area contributed by atoms with Crippen LogP contribution in [0.25, 0.3) is 0 Å². The topological polar surface area (TPSA) is 58.6 Å². The molecule has 0 spiro atoms. The normalized spacial score (nSPS) is 16.2. The van der Waals surface area contributed by atoms with Gasteiger partial charge >= 0.3 is 18.2 Å². The Morgan fingerprint density at radius 1 is 1.32 bits per heavy atom. The number of hydrogen-bond acceptors (Lipinski definition) is 3. The molecule has 2 amide bonds. The van der Waals surface area contributed by atoms with Gasteiger partial charge in [-0.3, -0.25) is 4.79 Å². The zero-order valence-corrected chi connectivity index (χ0v) is 10.6. The van der Waals surface area contributed by atoms with Crippen molar-refractivity contribution in [2.75, 3.05) is 20.2 Å². The number of carbonyl (C=O) groups is 2. The molecule has 0 aliphatic heterocycles. The van der Waals surface area contributed by atoms with E-state index in [-0.39, 0.29) is 12.6 Å². The van der Waals surface area contributed by atoms with Gasteiger partial charge < -0.3 is 15.0 Å². The summed E-state index contributed by atoms with van der Waals surface area (Å²) in [7, 11) is 1.17. The van der Waals surface area contributed by atoms with Gasteiger partial charge in [0.1, 0.15) is 13.1 Å². The second-order valence-corrected chi connectivity index (χ2v) is 4.42. The third-order valence-electron chi connectivity index (χ3n) is 2.99. The van der Waals surface area contributed by atoms with Crippen molar-refractivity contribution in [3.05, 3.63) is 0 Å². The second kappa shape index (κ2) is 6.63. The number of nitrogens with one attached hydrogen (secondary N) is 1. The van der Waals surface area contributed by atoms with Gasteiger partial charge in [-0.05, 0) is 12.8 Å². The summed E-state index contributed by atoms with van der Waals surface area (Å²) in [6, 6.07) is -1.08. The van der Waals surface area contributed by atoms with Crippen molar-refractivity contribution in [2.45, 2.75) is 37.9 Å². The highest BCUT2D eigenvalue weighted by Crippen LogP contribution is 2.23. The van der Waals surface area contributed by atoms with E-state index in [4.69, 9.17) is 0 Å². The van der Waals surface area contributed by atoms with Crippen LogP contribution in [0.4, 0.5) is 18.0 Å². The van der Waals surface area contributed by atoms with E-state index in [2.05, 4.69) is 4.74 Å². The van der Waals surface area contributed by atoms with Gasteiger partial charge in [0.2, 0.25) is 0 Å². The lowest BCUT2D eigenvalue weighted by Crippen LogP contribution is -2.49. The van der Waals surface area contributed by atoms with Gasteiger partial charge in [0.15, 0.2) is 0 Å². The molecule has 0 saturated heterocycles. The molecule has 1 aliphatic carbocycles. The summed E-state index contributed by atoms with van der Waals surface area (Å²) >= 11 is 0. The number of halogens is 3. The minimum Gasteiger partial charge on any atom is -0.468 e. The number of esters is 1. The number of amides is 2. The van der Waals surface area contributed by atoms with Gasteiger partial charge in [0.25, 0.3) is 0 Å². The molecule has 1 aliphatic rings. The van der Waals surface area contributed by atoms with Crippen LogP contribution in [0.1, 0.15) is 25.7 Å². The fourth-order valence-electron chi connectivity index (χ4n) is 2.06. The molecule has 5 nitrogen and oxygen atoms in total. The Morgan fingerprint density at radius 2 is 1.89 bits per heavy atom. The Kier molecular flexibility index (Phi) is 5.44. The summed E-state index contributed by atoms with van der Waals surface area (Å²) in [5, 5.41) is 1.78. The van der Waals surface area contributed by atoms with E-state index in [9.17, 15) is 22.8 Å². The van der Waals surface area contributed by atoms with Crippen molar-refractivity contribution in [1.82, 2.24) is 10.2 Å². The second-order valence-electron chi connectivity index (χ2n) is 4.42. The van der Waals surface area contributed by atoms with E-state index >= 15 is 0 Å². The summed E-state index contributed by atoms with van der Waals surface area (Å²) in [5.74, 6) is -0.644. The van der Waals surface area contributed by atoms with E-state index in [0.29, 0.717) is 12.8 Å². The Labute approximate surface area is 109 Å². The van der Waals surface area contributed by atoms with Crippen LogP contribution < -0.4 is 5.32 Å². The first-order valence-corrected chi connectivity index (χ1v) is 6.01. The van der Waals surface area contributed by atoms with Crippen LogP contribution in [0.15, 0.2) is 0 Å². The highest BCUT2D eigenvalue weighted by atomic mass is 19.4. The van der Waals surface area contributed by atoms with Gasteiger partial charge in [-0.25, -0.2) is 4.79 Å². The smallest absolute Gasteiger partial charge is 0.405 e. The third kappa shape index (κ3) is 5.35. The maximum atomic E-state index is 12.1. The lowest BCUT2D eigenvalue weighted by molar-refractivity contribution is -0.141. The molecular formula is C11H17F3N2O3. The van der Waals surface area contributed by atoms with Crippen molar-refractivity contribution in [3.63, 3.8) is 0 Å². The zero-order chi connectivity index (χ0) is 14.5. The molecule has 1 rings (SSSR count). The van der Waals surface area contributed by atoms with Crippen LogP contribution in [0.5, 0.6) is 0 Å². The van der Waals surface area contributed by atoms with E-state index in [1.807, 2.05) is 0 Å². The Bertz CT molecular complexity index is 328. The lowest BCUT2D eigenvalue weighted by Gasteiger charge is -2.28. The number of urea groups is 1. The molecule has 110 valence electrons. The number of hydrogen-bond donors (Lipinski definition) is 1. The Hall–Kier alpha value is -1.47. The summed E-state index contributed by atoms with van der Waals surface area (Å²) in [6.45, 7) is -1.74. The summed E-state index contributed by atoms with van der Waals surface area (Å²) < 4.78 is 40.6. The minimum absolute atomic E-state index is 0.202. The molecular weight excluding hydrogens is 265 g/mol. The number of alkyl halides is 3. The van der Waals surface area contributed by atoms with Crippen LogP contribution >= 0.6 is 0 Å². The highest BCUT2D eigenvalue weighted by Gasteiger charge is 2.32. The predicted octanol–water partition coefficient (Wildman–Crippen LogP) is 1.68. The molecule has 1 fully saturated rings. The number of carbonyl (C=O) groups excluding carboxylic acids is 2. The van der Waals surface area contributed by atoms with Gasteiger partial charge in [-0.2, -0.15) is 13.2 Å². The van der Waals surface area contributed by atoms with E-state index < -0.39 is 24.7 Å². The van der Waals surface area contributed by atoms with Crippen molar-refractivity contribution in [3.8, 4) is 0 Å². The minimum atomic E-state index is -4.47. The first-order chi connectivity index (χ1) is 8.83. The maximum absolute atomic E-state index is 12.1. The first-order valence-electron chi connectivity index (χ1n) is 6.01. The third-order valence-corrected chi connectivity index (χ3v) is 2.99. The molecule has 1 N–H and O–H groups in total. The number of methoxy groups -OCH3 is 1. The average molecular weight is 282 g/mol. The molecule has 0 bridgehead atoms. The number of ether oxygens (including phenoxy) is 1. The first kappa shape index (κ1) is 15.6. The SMILES string of the molecule is COC(=O)CN(C(=O)NCC(F)(F)F)C1CCCC1. The van der Waals surface area contributed by atoms with Crippen LogP contribution in [-0.4, -0.2) is 49.3 Å². The van der Waals surface area contributed by atoms with Gasteiger partial charge in [0, 0.05) is 6.04 Å².